The third-order valence-electron chi connectivity index (χ3n) is 3.29. The molecule has 19 heavy (non-hydrogen) atoms. The molecule has 0 aromatic heterocycles. The first kappa shape index (κ1) is 13.6. The first-order chi connectivity index (χ1) is 9.10. The van der Waals surface area contributed by atoms with E-state index in [-0.39, 0.29) is 24.2 Å². The molecular weight excluding hydrogens is 242 g/mol. The minimum atomic E-state index is -0.194. The number of benzene rings is 1. The molecule has 0 spiro atoms. The summed E-state index contributed by atoms with van der Waals surface area (Å²) in [5, 5.41) is 2.96. The third-order valence-corrected chi connectivity index (χ3v) is 3.29. The number of nitrogens with one attached hydrogen (secondary N) is 1. The van der Waals surface area contributed by atoms with Gasteiger partial charge in [-0.15, -0.1) is 0 Å². The van der Waals surface area contributed by atoms with Crippen molar-refractivity contribution in [1.29, 1.82) is 0 Å². The zero-order valence-electron chi connectivity index (χ0n) is 11.3. The van der Waals surface area contributed by atoms with Crippen molar-refractivity contribution in [2.75, 3.05) is 7.11 Å². The second kappa shape index (κ2) is 5.87. The maximum Gasteiger partial charge on any atom is 0.227 e. The van der Waals surface area contributed by atoms with Crippen molar-refractivity contribution in [3.05, 3.63) is 29.8 Å². The monoisotopic (exact) mass is 261 g/mol. The molecule has 1 aliphatic carbocycles. The van der Waals surface area contributed by atoms with E-state index in [0.29, 0.717) is 5.92 Å². The highest BCUT2D eigenvalue weighted by Crippen LogP contribution is 2.41. The lowest BCUT2D eigenvalue weighted by atomic mass is 10.0. The van der Waals surface area contributed by atoms with Crippen LogP contribution in [0.3, 0.4) is 0 Å². The van der Waals surface area contributed by atoms with Crippen molar-refractivity contribution in [3.8, 4) is 5.75 Å². The Kier molecular flexibility index (Phi) is 4.20. The van der Waals surface area contributed by atoms with Crippen LogP contribution in [0.1, 0.15) is 37.8 Å². The van der Waals surface area contributed by atoms with Gasteiger partial charge in [0.2, 0.25) is 5.91 Å². The van der Waals surface area contributed by atoms with Gasteiger partial charge in [0, 0.05) is 0 Å². The van der Waals surface area contributed by atoms with Gasteiger partial charge in [-0.25, -0.2) is 0 Å². The predicted molar refractivity (Wildman–Crippen MR) is 71.9 cm³/mol. The zero-order chi connectivity index (χ0) is 13.8. The number of ether oxygens (including phenoxy) is 1. The van der Waals surface area contributed by atoms with Gasteiger partial charge in [0.15, 0.2) is 0 Å². The molecule has 1 unspecified atom stereocenters. The lowest BCUT2D eigenvalue weighted by Gasteiger charge is -2.18. The van der Waals surface area contributed by atoms with Crippen LogP contribution in [0.25, 0.3) is 0 Å². The fourth-order valence-corrected chi connectivity index (χ4v) is 2.16. The van der Waals surface area contributed by atoms with Crippen molar-refractivity contribution in [1.82, 2.24) is 5.32 Å². The Morgan fingerprint density at radius 1 is 1.32 bits per heavy atom. The highest BCUT2D eigenvalue weighted by molar-refractivity contribution is 5.96. The Balaban J connectivity index is 2.06. The molecule has 4 heteroatoms. The van der Waals surface area contributed by atoms with Crippen molar-refractivity contribution in [2.24, 2.45) is 5.92 Å². The summed E-state index contributed by atoms with van der Waals surface area (Å²) in [4.78, 5) is 22.7. The van der Waals surface area contributed by atoms with E-state index in [2.05, 4.69) is 5.32 Å². The summed E-state index contributed by atoms with van der Waals surface area (Å²) < 4.78 is 5.13. The van der Waals surface area contributed by atoms with Crippen LogP contribution >= 0.6 is 0 Å². The largest absolute Gasteiger partial charge is 0.497 e. The lowest BCUT2D eigenvalue weighted by molar-refractivity contribution is -0.127. The molecule has 0 bridgehead atoms. The maximum absolute atomic E-state index is 11.7. The smallest absolute Gasteiger partial charge is 0.227 e. The second-order valence-corrected chi connectivity index (χ2v) is 5.03. The van der Waals surface area contributed by atoms with Gasteiger partial charge in [-0.2, -0.15) is 0 Å². The van der Waals surface area contributed by atoms with Gasteiger partial charge >= 0.3 is 0 Å². The first-order valence-corrected chi connectivity index (χ1v) is 6.53. The molecule has 1 aliphatic rings. The van der Waals surface area contributed by atoms with Crippen molar-refractivity contribution >= 4 is 11.7 Å². The number of ketones is 1. The van der Waals surface area contributed by atoms with E-state index >= 15 is 0 Å². The Morgan fingerprint density at radius 2 is 1.95 bits per heavy atom. The fourth-order valence-electron chi connectivity index (χ4n) is 2.16. The first-order valence-electron chi connectivity index (χ1n) is 6.53. The molecule has 0 aliphatic heterocycles. The van der Waals surface area contributed by atoms with Crippen LogP contribution in [0.2, 0.25) is 0 Å². The second-order valence-electron chi connectivity index (χ2n) is 5.03. The maximum atomic E-state index is 11.7. The molecule has 1 aromatic rings. The zero-order valence-corrected chi connectivity index (χ0v) is 11.3. The van der Waals surface area contributed by atoms with Crippen LogP contribution in [0.15, 0.2) is 24.3 Å². The quantitative estimate of drug-likeness (QED) is 0.799. The number of methoxy groups -OCH3 is 1. The molecule has 0 radical (unpaired) electrons. The van der Waals surface area contributed by atoms with Crippen molar-refractivity contribution in [3.63, 3.8) is 0 Å². The summed E-state index contributed by atoms with van der Waals surface area (Å²) in [7, 11) is 1.63. The molecule has 1 amide bonds. The van der Waals surface area contributed by atoms with E-state index in [0.717, 1.165) is 24.2 Å². The van der Waals surface area contributed by atoms with Gasteiger partial charge in [-0.3, -0.25) is 9.59 Å². The lowest BCUT2D eigenvalue weighted by Crippen LogP contribution is -2.30. The van der Waals surface area contributed by atoms with Crippen LogP contribution in [-0.2, 0) is 9.59 Å². The third kappa shape index (κ3) is 3.81. The van der Waals surface area contributed by atoms with Crippen LogP contribution in [0.4, 0.5) is 0 Å². The molecule has 0 saturated heterocycles. The van der Waals surface area contributed by atoms with Gasteiger partial charge < -0.3 is 10.1 Å². The Hall–Kier alpha value is -1.84. The van der Waals surface area contributed by atoms with E-state index in [4.69, 9.17) is 4.74 Å². The van der Waals surface area contributed by atoms with E-state index in [1.54, 1.807) is 7.11 Å². The van der Waals surface area contributed by atoms with Gasteiger partial charge in [0.25, 0.3) is 0 Å². The van der Waals surface area contributed by atoms with Crippen molar-refractivity contribution in [2.45, 2.75) is 32.2 Å². The SMILES string of the molecule is COc1ccc(C(NC(=O)CC(C)=O)C2CC2)cc1. The average Bonchev–Trinajstić information content (AvgIpc) is 3.19. The molecule has 4 nitrogen and oxygen atoms in total. The number of rotatable bonds is 6. The summed E-state index contributed by atoms with van der Waals surface area (Å²) in [5.41, 5.74) is 1.07. The Morgan fingerprint density at radius 3 is 2.42 bits per heavy atom. The van der Waals surface area contributed by atoms with Crippen LogP contribution in [-0.4, -0.2) is 18.8 Å². The molecule has 2 rings (SSSR count). The van der Waals surface area contributed by atoms with Crippen LogP contribution in [0, 0.1) is 5.92 Å². The standard InChI is InChI=1S/C15H19NO3/c1-10(17)9-14(18)16-15(11-3-4-11)12-5-7-13(19-2)8-6-12/h5-8,11,15H,3-4,9H2,1-2H3,(H,16,18). The normalized spacial score (nSPS) is 15.7. The number of carbonyl (C=O) groups excluding carboxylic acids is 2. The molecule has 102 valence electrons. The fraction of sp³-hybridized carbons (Fsp3) is 0.467. The van der Waals surface area contributed by atoms with E-state index < -0.39 is 0 Å². The van der Waals surface area contributed by atoms with E-state index in [9.17, 15) is 9.59 Å². The topological polar surface area (TPSA) is 55.4 Å². The highest BCUT2D eigenvalue weighted by atomic mass is 16.5. The summed E-state index contributed by atoms with van der Waals surface area (Å²) >= 11 is 0. The molecular formula is C15H19NO3. The van der Waals surface area contributed by atoms with Crippen LogP contribution < -0.4 is 10.1 Å². The minimum Gasteiger partial charge on any atom is -0.497 e. The Labute approximate surface area is 113 Å². The molecule has 1 atom stereocenters. The number of Topliss-reactive ketones (excluding diaryl/α,β-unsaturated/α-hetero) is 1. The minimum absolute atomic E-state index is 0.0118. The van der Waals surface area contributed by atoms with Crippen LogP contribution in [0.5, 0.6) is 5.75 Å². The van der Waals surface area contributed by atoms with Crippen molar-refractivity contribution < 1.29 is 14.3 Å². The Bertz CT molecular complexity index is 463. The number of carbonyl (C=O) groups is 2. The average molecular weight is 261 g/mol. The molecule has 1 N–H and O–H groups in total. The summed E-state index contributed by atoms with van der Waals surface area (Å²) in [6, 6.07) is 7.73. The number of hydrogen-bond acceptors (Lipinski definition) is 3. The molecule has 0 heterocycles. The van der Waals surface area contributed by atoms with Gasteiger partial charge in [-0.1, -0.05) is 12.1 Å². The molecule has 1 aromatic carbocycles. The summed E-state index contributed by atoms with van der Waals surface area (Å²) in [5.74, 6) is 0.986. The summed E-state index contributed by atoms with van der Waals surface area (Å²) in [6.45, 7) is 1.43. The molecule has 1 fully saturated rings. The van der Waals surface area contributed by atoms with E-state index in [1.165, 1.54) is 6.92 Å². The van der Waals surface area contributed by atoms with E-state index in [1.807, 2.05) is 24.3 Å². The summed E-state index contributed by atoms with van der Waals surface area (Å²) in [6.07, 6.45) is 2.20. The van der Waals surface area contributed by atoms with Gasteiger partial charge in [0.05, 0.1) is 19.6 Å². The predicted octanol–water partition coefficient (Wildman–Crippen LogP) is 2.24. The van der Waals surface area contributed by atoms with Gasteiger partial charge in [0.1, 0.15) is 11.5 Å². The number of amides is 1. The molecule has 1 saturated carbocycles. The van der Waals surface area contributed by atoms with Gasteiger partial charge in [-0.05, 0) is 43.4 Å². The number of hydrogen-bond donors (Lipinski definition) is 1. The highest BCUT2D eigenvalue weighted by Gasteiger charge is 2.33.